The molecule has 1 N–H and O–H groups in total. The normalized spacial score (nSPS) is 17.8. The van der Waals surface area contributed by atoms with E-state index in [0.29, 0.717) is 6.61 Å². The number of aryl methyl sites for hydroxylation is 2. The van der Waals surface area contributed by atoms with Gasteiger partial charge < -0.3 is 10.1 Å². The molecule has 1 saturated heterocycles. The average Bonchev–Trinajstić information content (AvgIpc) is 2.43. The minimum Gasteiger partial charge on any atom is -0.465 e. The molecule has 1 aromatic carbocycles. The minimum absolute atomic E-state index is 0.138. The van der Waals surface area contributed by atoms with E-state index >= 15 is 0 Å². The number of esters is 1. The molecule has 0 bridgehead atoms. The summed E-state index contributed by atoms with van der Waals surface area (Å²) >= 11 is 0. The Morgan fingerprint density at radius 2 is 2.05 bits per heavy atom. The molecule has 0 aromatic heterocycles. The molecule has 4 heteroatoms. The summed E-state index contributed by atoms with van der Waals surface area (Å²) in [4.78, 5) is 14.6. The standard InChI is InChI=1S/C16H24N2O2/c1-4-20-16(19)15(18-9-7-17-8-10-18)14-6-5-12(2)11-13(14)3/h5-6,11,15,17H,4,7-10H2,1-3H3. The number of carbonyl (C=O) groups excluding carboxylic acids is 1. The summed E-state index contributed by atoms with van der Waals surface area (Å²) in [5.41, 5.74) is 3.44. The summed E-state index contributed by atoms with van der Waals surface area (Å²) in [5.74, 6) is -0.138. The van der Waals surface area contributed by atoms with Crippen LogP contribution in [0.4, 0.5) is 0 Å². The molecular formula is C16H24N2O2. The van der Waals surface area contributed by atoms with Crippen LogP contribution >= 0.6 is 0 Å². The van der Waals surface area contributed by atoms with Crippen LogP contribution in [0.3, 0.4) is 0 Å². The Kier molecular flexibility index (Phi) is 5.15. The maximum absolute atomic E-state index is 12.4. The van der Waals surface area contributed by atoms with Crippen LogP contribution in [0.15, 0.2) is 18.2 Å². The maximum atomic E-state index is 12.4. The molecule has 1 atom stereocenters. The zero-order valence-electron chi connectivity index (χ0n) is 12.6. The van der Waals surface area contributed by atoms with Gasteiger partial charge in [-0.1, -0.05) is 23.8 Å². The Balaban J connectivity index is 2.31. The zero-order chi connectivity index (χ0) is 14.5. The Bertz CT molecular complexity index is 468. The average molecular weight is 276 g/mol. The van der Waals surface area contributed by atoms with Gasteiger partial charge in [-0.15, -0.1) is 0 Å². The molecule has 20 heavy (non-hydrogen) atoms. The molecule has 0 amide bonds. The second-order valence-corrected chi connectivity index (χ2v) is 5.30. The van der Waals surface area contributed by atoms with Crippen molar-refractivity contribution in [3.63, 3.8) is 0 Å². The second-order valence-electron chi connectivity index (χ2n) is 5.30. The van der Waals surface area contributed by atoms with Gasteiger partial charge in [0.1, 0.15) is 6.04 Å². The van der Waals surface area contributed by atoms with Gasteiger partial charge in [-0.3, -0.25) is 4.90 Å². The number of piperazine rings is 1. The van der Waals surface area contributed by atoms with Crippen molar-refractivity contribution in [2.75, 3.05) is 32.8 Å². The summed E-state index contributed by atoms with van der Waals surface area (Å²) in [6, 6.07) is 5.98. The molecule has 0 saturated carbocycles. The van der Waals surface area contributed by atoms with Crippen molar-refractivity contribution in [1.29, 1.82) is 0 Å². The minimum atomic E-state index is -0.280. The van der Waals surface area contributed by atoms with E-state index in [1.807, 2.05) is 6.92 Å². The van der Waals surface area contributed by atoms with E-state index in [-0.39, 0.29) is 12.0 Å². The predicted molar refractivity (Wildman–Crippen MR) is 79.7 cm³/mol. The molecule has 0 aliphatic carbocycles. The van der Waals surface area contributed by atoms with E-state index in [1.165, 1.54) is 5.56 Å². The molecule has 110 valence electrons. The molecule has 1 fully saturated rings. The number of benzene rings is 1. The summed E-state index contributed by atoms with van der Waals surface area (Å²) in [7, 11) is 0. The first-order valence-electron chi connectivity index (χ1n) is 7.32. The van der Waals surface area contributed by atoms with Gasteiger partial charge in [-0.25, -0.2) is 4.79 Å². The lowest BCUT2D eigenvalue weighted by Crippen LogP contribution is -2.47. The van der Waals surface area contributed by atoms with Crippen molar-refractivity contribution in [3.05, 3.63) is 34.9 Å². The zero-order valence-corrected chi connectivity index (χ0v) is 12.6. The molecule has 1 heterocycles. The van der Waals surface area contributed by atoms with Crippen molar-refractivity contribution < 1.29 is 9.53 Å². The van der Waals surface area contributed by atoms with Crippen LogP contribution in [-0.4, -0.2) is 43.7 Å². The number of nitrogens with zero attached hydrogens (tertiary/aromatic N) is 1. The molecule has 1 aromatic rings. The lowest BCUT2D eigenvalue weighted by atomic mass is 9.97. The number of carbonyl (C=O) groups is 1. The van der Waals surface area contributed by atoms with Gasteiger partial charge in [0.2, 0.25) is 0 Å². The highest BCUT2D eigenvalue weighted by Gasteiger charge is 2.30. The van der Waals surface area contributed by atoms with E-state index < -0.39 is 0 Å². The van der Waals surface area contributed by atoms with Crippen molar-refractivity contribution >= 4 is 5.97 Å². The molecule has 0 spiro atoms. The Morgan fingerprint density at radius 1 is 1.35 bits per heavy atom. The molecular weight excluding hydrogens is 252 g/mol. The van der Waals surface area contributed by atoms with E-state index in [2.05, 4.69) is 42.3 Å². The lowest BCUT2D eigenvalue weighted by Gasteiger charge is -2.34. The molecule has 0 radical (unpaired) electrons. The second kappa shape index (κ2) is 6.86. The largest absolute Gasteiger partial charge is 0.465 e. The third-order valence-corrected chi connectivity index (χ3v) is 3.75. The fraction of sp³-hybridized carbons (Fsp3) is 0.562. The van der Waals surface area contributed by atoms with Gasteiger partial charge in [0.15, 0.2) is 0 Å². The summed E-state index contributed by atoms with van der Waals surface area (Å²) in [6.45, 7) is 9.99. The SMILES string of the molecule is CCOC(=O)C(c1ccc(C)cc1C)N1CCNCC1. The van der Waals surface area contributed by atoms with Gasteiger partial charge in [-0.2, -0.15) is 0 Å². The van der Waals surface area contributed by atoms with E-state index in [0.717, 1.165) is 37.3 Å². The van der Waals surface area contributed by atoms with Gasteiger partial charge in [-0.05, 0) is 31.9 Å². The van der Waals surface area contributed by atoms with Crippen LogP contribution in [0, 0.1) is 13.8 Å². The number of ether oxygens (including phenoxy) is 1. The van der Waals surface area contributed by atoms with Crippen molar-refractivity contribution in [3.8, 4) is 0 Å². The van der Waals surface area contributed by atoms with Crippen molar-refractivity contribution in [2.24, 2.45) is 0 Å². The van der Waals surface area contributed by atoms with Crippen LogP contribution in [-0.2, 0) is 9.53 Å². The third-order valence-electron chi connectivity index (χ3n) is 3.75. The van der Waals surface area contributed by atoms with Crippen molar-refractivity contribution in [1.82, 2.24) is 10.2 Å². The monoisotopic (exact) mass is 276 g/mol. The van der Waals surface area contributed by atoms with Gasteiger partial charge in [0.05, 0.1) is 6.61 Å². The number of rotatable bonds is 4. The van der Waals surface area contributed by atoms with Gasteiger partial charge in [0, 0.05) is 26.2 Å². The number of hydrogen-bond acceptors (Lipinski definition) is 4. The van der Waals surface area contributed by atoms with Gasteiger partial charge >= 0.3 is 5.97 Å². The van der Waals surface area contributed by atoms with Crippen LogP contribution < -0.4 is 5.32 Å². The fourth-order valence-corrected chi connectivity index (χ4v) is 2.77. The molecule has 1 aliphatic rings. The summed E-state index contributed by atoms with van der Waals surface area (Å²) in [6.07, 6.45) is 0. The Morgan fingerprint density at radius 3 is 2.65 bits per heavy atom. The Hall–Kier alpha value is -1.39. The highest BCUT2D eigenvalue weighted by atomic mass is 16.5. The predicted octanol–water partition coefficient (Wildman–Crippen LogP) is 1.81. The molecule has 4 nitrogen and oxygen atoms in total. The van der Waals surface area contributed by atoms with Crippen LogP contribution in [0.2, 0.25) is 0 Å². The van der Waals surface area contributed by atoms with Crippen LogP contribution in [0.1, 0.15) is 29.7 Å². The van der Waals surface area contributed by atoms with E-state index in [4.69, 9.17) is 4.74 Å². The topological polar surface area (TPSA) is 41.6 Å². The van der Waals surface area contributed by atoms with Gasteiger partial charge in [0.25, 0.3) is 0 Å². The first-order valence-corrected chi connectivity index (χ1v) is 7.32. The first kappa shape index (κ1) is 15.0. The lowest BCUT2D eigenvalue weighted by molar-refractivity contribution is -0.150. The summed E-state index contributed by atoms with van der Waals surface area (Å²) in [5, 5.41) is 3.32. The number of nitrogens with one attached hydrogen (secondary N) is 1. The van der Waals surface area contributed by atoms with Crippen molar-refractivity contribution in [2.45, 2.75) is 26.8 Å². The maximum Gasteiger partial charge on any atom is 0.328 e. The smallest absolute Gasteiger partial charge is 0.328 e. The fourth-order valence-electron chi connectivity index (χ4n) is 2.77. The quantitative estimate of drug-likeness (QED) is 0.852. The first-order chi connectivity index (χ1) is 9.63. The highest BCUT2D eigenvalue weighted by molar-refractivity contribution is 5.78. The highest BCUT2D eigenvalue weighted by Crippen LogP contribution is 2.26. The van der Waals surface area contributed by atoms with Crippen LogP contribution in [0.5, 0.6) is 0 Å². The number of hydrogen-bond donors (Lipinski definition) is 1. The summed E-state index contributed by atoms with van der Waals surface area (Å²) < 4.78 is 5.30. The Labute approximate surface area is 121 Å². The molecule has 1 aliphatic heterocycles. The molecule has 2 rings (SSSR count). The molecule has 1 unspecified atom stereocenters. The third kappa shape index (κ3) is 3.38. The van der Waals surface area contributed by atoms with Crippen LogP contribution in [0.25, 0.3) is 0 Å². The van der Waals surface area contributed by atoms with E-state index in [9.17, 15) is 4.79 Å². The van der Waals surface area contributed by atoms with E-state index in [1.54, 1.807) is 0 Å².